The zero-order chi connectivity index (χ0) is 42.3. The number of Topliss-reactive ketones (excluding diaryl/α,β-unsaturated/α-hetero) is 2. The number of nitrogens with zero attached hydrogens (tertiary/aromatic N) is 1. The summed E-state index contributed by atoms with van der Waals surface area (Å²) in [5, 5.41) is 48.8. The van der Waals surface area contributed by atoms with Crippen LogP contribution >= 0.6 is 0 Å². The van der Waals surface area contributed by atoms with Crippen molar-refractivity contribution in [2.24, 2.45) is 11.8 Å². The number of aliphatic hydroxyl groups excluding tert-OH is 1. The Bertz CT molecular complexity index is 2410. The number of nitrogens with one attached hydrogen (secondary N) is 2. The number of carboxylic acids is 1. The standard InChI is InChI=1S/C45H49N3O11/c1-7-12-29-36-24(5)33(50)20-45(29,55)16-11-9-8-10-13-34(36)58-44-42(59-35-17-23(4)32(21-56-35)46-22(2)3)41(52)37(25(6)57-44)40(51)39-38-28(19-31(48-39)43(53)54)27-18-26(49)14-15-30(27)47-38/h8-9,12,14-15,18-19,22-23,25,32,34-35,37,41-42,44,46-47,49,52,55H,7,17,20-21H2,1-6H3,(H,53,54)/b9-8-,29-12+/t23?,25?,32?,34-,35?,37?,41?,42?,44?,45-/m0/s1. The molecule has 59 heavy (non-hydrogen) atoms. The number of ether oxygens (including phenoxy) is 4. The smallest absolute Gasteiger partial charge is 0.354 e. The normalized spacial score (nSPS) is 32.1. The summed E-state index contributed by atoms with van der Waals surface area (Å²) in [5.41, 5.74) is -0.735. The van der Waals surface area contributed by atoms with Gasteiger partial charge in [0.1, 0.15) is 29.3 Å². The highest BCUT2D eigenvalue weighted by molar-refractivity contribution is 6.16. The van der Waals surface area contributed by atoms with Gasteiger partial charge in [-0.3, -0.25) is 9.59 Å². The van der Waals surface area contributed by atoms with Crippen molar-refractivity contribution in [1.82, 2.24) is 15.3 Å². The van der Waals surface area contributed by atoms with E-state index in [1.165, 1.54) is 30.4 Å². The fraction of sp³-hybridized carbons (Fsp3) is 0.467. The van der Waals surface area contributed by atoms with Gasteiger partial charge in [0.2, 0.25) is 0 Å². The summed E-state index contributed by atoms with van der Waals surface area (Å²) in [7, 11) is 0. The number of carboxylic acid groups (broad SMARTS) is 1. The lowest BCUT2D eigenvalue weighted by Crippen LogP contribution is -2.60. The number of H-pyrrole nitrogens is 1. The van der Waals surface area contributed by atoms with Crippen molar-refractivity contribution >= 4 is 39.3 Å². The fourth-order valence-corrected chi connectivity index (χ4v) is 8.43. The molecule has 10 atom stereocenters. The first kappa shape index (κ1) is 42.0. The third-order valence-electron chi connectivity index (χ3n) is 11.4. The number of aliphatic hydroxyl groups is 2. The minimum Gasteiger partial charge on any atom is -0.508 e. The number of aromatic amines is 1. The van der Waals surface area contributed by atoms with Crippen molar-refractivity contribution in [3.05, 3.63) is 70.6 Å². The van der Waals surface area contributed by atoms with Crippen LogP contribution in [0.25, 0.3) is 21.8 Å². The van der Waals surface area contributed by atoms with Gasteiger partial charge in [0.15, 0.2) is 29.7 Å². The molecular weight excluding hydrogens is 759 g/mol. The van der Waals surface area contributed by atoms with Gasteiger partial charge in [-0.05, 0) is 73.7 Å². The second-order valence-electron chi connectivity index (χ2n) is 16.0. The number of ketones is 2. The lowest BCUT2D eigenvalue weighted by molar-refractivity contribution is -0.325. The molecule has 14 nitrogen and oxygen atoms in total. The zero-order valence-corrected chi connectivity index (χ0v) is 33.7. The molecule has 0 saturated carbocycles. The summed E-state index contributed by atoms with van der Waals surface area (Å²) in [6.07, 6.45) is -2.15. The molecule has 2 aromatic heterocycles. The van der Waals surface area contributed by atoms with Crippen molar-refractivity contribution in [2.45, 2.75) is 115 Å². The van der Waals surface area contributed by atoms with Gasteiger partial charge in [-0.1, -0.05) is 57.5 Å². The number of carbonyl (C=O) groups is 3. The molecule has 2 aliphatic heterocycles. The molecule has 0 radical (unpaired) electrons. The van der Waals surface area contributed by atoms with Crippen LogP contribution in [0.3, 0.4) is 0 Å². The molecule has 7 rings (SSSR count). The van der Waals surface area contributed by atoms with E-state index in [4.69, 9.17) is 18.9 Å². The molecule has 8 unspecified atom stereocenters. The van der Waals surface area contributed by atoms with Gasteiger partial charge in [-0.15, -0.1) is 0 Å². The molecule has 0 amide bonds. The number of pyridine rings is 1. The first-order chi connectivity index (χ1) is 28.1. The van der Waals surface area contributed by atoms with Gasteiger partial charge in [0, 0.05) is 40.4 Å². The Morgan fingerprint density at radius 1 is 1.15 bits per heavy atom. The molecule has 2 bridgehead atoms. The van der Waals surface area contributed by atoms with Crippen LogP contribution in [0.2, 0.25) is 0 Å². The number of aromatic nitrogens is 2. The van der Waals surface area contributed by atoms with E-state index in [2.05, 4.69) is 45.9 Å². The molecule has 2 fully saturated rings. The molecule has 6 N–H and O–H groups in total. The lowest BCUT2D eigenvalue weighted by atomic mass is 9.73. The topological polar surface area (TPSA) is 210 Å². The maximum absolute atomic E-state index is 14.8. The van der Waals surface area contributed by atoms with Crippen molar-refractivity contribution < 1.29 is 53.8 Å². The number of allylic oxidation sites excluding steroid dienone is 4. The largest absolute Gasteiger partial charge is 0.508 e. The molecule has 4 heterocycles. The van der Waals surface area contributed by atoms with E-state index in [9.17, 15) is 34.8 Å². The van der Waals surface area contributed by atoms with Gasteiger partial charge in [0.05, 0.1) is 36.7 Å². The molecule has 0 spiro atoms. The maximum atomic E-state index is 14.8. The van der Waals surface area contributed by atoms with Crippen LogP contribution in [0.1, 0.15) is 81.8 Å². The fourth-order valence-electron chi connectivity index (χ4n) is 8.43. The predicted molar refractivity (Wildman–Crippen MR) is 216 cm³/mol. The Hall–Kier alpha value is -5.16. The van der Waals surface area contributed by atoms with Crippen LogP contribution < -0.4 is 5.32 Å². The van der Waals surface area contributed by atoms with E-state index in [0.29, 0.717) is 52.5 Å². The number of phenols is 1. The second-order valence-corrected chi connectivity index (χ2v) is 16.0. The van der Waals surface area contributed by atoms with Crippen LogP contribution in [0, 0.1) is 35.5 Å². The number of fused-ring (bicyclic) bond motifs is 5. The molecule has 1 aromatic carbocycles. The molecular formula is C45H49N3O11. The number of hydrogen-bond acceptors (Lipinski definition) is 12. The van der Waals surface area contributed by atoms with E-state index in [-0.39, 0.29) is 47.2 Å². The van der Waals surface area contributed by atoms with Crippen LogP contribution in [0.4, 0.5) is 0 Å². The summed E-state index contributed by atoms with van der Waals surface area (Å²) < 4.78 is 25.9. The van der Waals surface area contributed by atoms with Gasteiger partial charge in [-0.2, -0.15) is 0 Å². The summed E-state index contributed by atoms with van der Waals surface area (Å²) in [5.74, 6) is 7.81. The van der Waals surface area contributed by atoms with E-state index in [0.717, 1.165) is 0 Å². The lowest BCUT2D eigenvalue weighted by Gasteiger charge is -2.46. The Kier molecular flexibility index (Phi) is 12.0. The molecule has 2 saturated heterocycles. The van der Waals surface area contributed by atoms with Crippen molar-refractivity contribution in [3.63, 3.8) is 0 Å². The quantitative estimate of drug-likeness (QED) is 0.124. The van der Waals surface area contributed by atoms with Gasteiger partial charge >= 0.3 is 5.97 Å². The average Bonchev–Trinajstić information content (AvgIpc) is 3.54. The van der Waals surface area contributed by atoms with E-state index >= 15 is 0 Å². The van der Waals surface area contributed by atoms with Crippen LogP contribution in [-0.4, -0.2) is 109 Å². The monoisotopic (exact) mass is 807 g/mol. The van der Waals surface area contributed by atoms with E-state index in [1.54, 1.807) is 26.0 Å². The Balaban J connectivity index is 1.29. The number of phenolic OH excluding ortho intramolecular Hbond substituents is 1. The summed E-state index contributed by atoms with van der Waals surface area (Å²) in [6.45, 7) is 11.6. The minimum atomic E-state index is -1.82. The SMILES string of the molecule is CC/C=C1\C2=C(C)C(=O)C[C@@]1(O)C#C/C=C\C#C[C@@H]2OC1OC(C)C(C(=O)c2nc(C(=O)O)cc3c2[nH]c2ccc(O)cc23)C(O)C1OC1CC(C)C(NC(C)C)CO1. The summed E-state index contributed by atoms with van der Waals surface area (Å²) in [4.78, 5) is 48.0. The minimum absolute atomic E-state index is 0.0348. The van der Waals surface area contributed by atoms with Crippen LogP contribution in [0.5, 0.6) is 5.75 Å². The first-order valence-corrected chi connectivity index (χ1v) is 19.9. The first-order valence-electron chi connectivity index (χ1n) is 19.9. The van der Waals surface area contributed by atoms with Crippen LogP contribution in [0.15, 0.2) is 59.2 Å². The number of hydrogen-bond donors (Lipinski definition) is 6. The van der Waals surface area contributed by atoms with Gasteiger partial charge < -0.3 is 49.7 Å². The molecule has 14 heteroatoms. The number of aromatic carboxylic acids is 1. The number of benzene rings is 1. The molecule has 2 aliphatic carbocycles. The Morgan fingerprint density at radius 2 is 1.92 bits per heavy atom. The van der Waals surface area contributed by atoms with Crippen molar-refractivity contribution in [1.29, 1.82) is 0 Å². The maximum Gasteiger partial charge on any atom is 0.354 e. The number of aromatic hydroxyl groups is 1. The molecule has 4 aliphatic rings. The predicted octanol–water partition coefficient (Wildman–Crippen LogP) is 4.48. The summed E-state index contributed by atoms with van der Waals surface area (Å²) in [6, 6.07) is 6.07. The molecule has 3 aromatic rings. The van der Waals surface area contributed by atoms with Crippen LogP contribution in [-0.2, 0) is 23.7 Å². The summed E-state index contributed by atoms with van der Waals surface area (Å²) >= 11 is 0. The zero-order valence-electron chi connectivity index (χ0n) is 33.7. The number of carbonyl (C=O) groups excluding carboxylic acids is 2. The Labute approximate surface area is 341 Å². The van der Waals surface area contributed by atoms with E-state index < -0.39 is 66.0 Å². The van der Waals surface area contributed by atoms with E-state index in [1.807, 2.05) is 20.8 Å². The molecule has 310 valence electrons. The second kappa shape index (κ2) is 16.8. The highest BCUT2D eigenvalue weighted by atomic mass is 16.7. The Morgan fingerprint density at radius 3 is 2.63 bits per heavy atom. The van der Waals surface area contributed by atoms with Crippen molar-refractivity contribution in [2.75, 3.05) is 6.61 Å². The highest BCUT2D eigenvalue weighted by Gasteiger charge is 2.52. The third kappa shape index (κ3) is 8.23. The van der Waals surface area contributed by atoms with Gasteiger partial charge in [0.25, 0.3) is 0 Å². The van der Waals surface area contributed by atoms with Crippen molar-refractivity contribution in [3.8, 4) is 29.4 Å². The average molecular weight is 808 g/mol. The van der Waals surface area contributed by atoms with Gasteiger partial charge in [-0.25, -0.2) is 9.78 Å². The number of rotatable bonds is 10. The third-order valence-corrected chi connectivity index (χ3v) is 11.4. The highest BCUT2D eigenvalue weighted by Crippen LogP contribution is 2.41.